The molecule has 1 amide bonds. The normalized spacial score (nSPS) is 23.2. The van der Waals surface area contributed by atoms with Crippen LogP contribution in [0, 0.1) is 0 Å². The molecule has 4 heteroatoms. The predicted molar refractivity (Wildman–Crippen MR) is 43.2 cm³/mol. The van der Waals surface area contributed by atoms with Gasteiger partial charge in [0, 0.05) is 19.5 Å². The fourth-order valence-electron chi connectivity index (χ4n) is 1.43. The maximum absolute atomic E-state index is 11.4. The van der Waals surface area contributed by atoms with Crippen LogP contribution in [0.4, 0.5) is 0 Å². The van der Waals surface area contributed by atoms with Crippen molar-refractivity contribution >= 4 is 5.91 Å². The maximum atomic E-state index is 11.4. The number of hydrogen-bond acceptors (Lipinski definition) is 3. The van der Waals surface area contributed by atoms with E-state index < -0.39 is 0 Å². The molecule has 0 aromatic rings. The molecule has 0 fully saturated rings. The number of carbonyl (C=O) groups excluding carboxylic acids is 1. The number of hydrogen-bond donors (Lipinski definition) is 2. The Labute approximate surface area is 71.0 Å². The molecule has 0 atom stereocenters. The zero-order chi connectivity index (χ0) is 8.39. The summed E-state index contributed by atoms with van der Waals surface area (Å²) in [7, 11) is 0. The molecule has 0 saturated heterocycles. The third kappa shape index (κ3) is 1.24. The molecule has 2 aliphatic heterocycles. The molecule has 0 radical (unpaired) electrons. The summed E-state index contributed by atoms with van der Waals surface area (Å²) in [4.78, 5) is 11.4. The number of ether oxygens (including phenoxy) is 1. The van der Waals surface area contributed by atoms with Gasteiger partial charge >= 0.3 is 0 Å². The Morgan fingerprint density at radius 3 is 3.00 bits per heavy atom. The van der Waals surface area contributed by atoms with Crippen molar-refractivity contribution in [2.24, 2.45) is 0 Å². The quantitative estimate of drug-likeness (QED) is 0.523. The van der Waals surface area contributed by atoms with Crippen molar-refractivity contribution in [3.8, 4) is 0 Å². The monoisotopic (exact) mass is 168 g/mol. The van der Waals surface area contributed by atoms with Crippen LogP contribution < -0.4 is 10.6 Å². The molecule has 0 bridgehead atoms. The van der Waals surface area contributed by atoms with Gasteiger partial charge in [-0.25, -0.2) is 0 Å². The second-order valence-electron chi connectivity index (χ2n) is 2.94. The molecule has 2 heterocycles. The van der Waals surface area contributed by atoms with E-state index in [1.807, 2.05) is 0 Å². The lowest BCUT2D eigenvalue weighted by molar-refractivity contribution is -0.117. The highest BCUT2D eigenvalue weighted by atomic mass is 16.5. The summed E-state index contributed by atoms with van der Waals surface area (Å²) in [5.74, 6) is 0.710. The summed E-state index contributed by atoms with van der Waals surface area (Å²) in [5, 5.41) is 5.95. The van der Waals surface area contributed by atoms with Crippen molar-refractivity contribution in [2.75, 3.05) is 19.7 Å². The SMILES string of the molecule is O=C1NCCCNC2=C1CCO2. The molecule has 0 saturated carbocycles. The van der Waals surface area contributed by atoms with E-state index in [4.69, 9.17) is 4.74 Å². The van der Waals surface area contributed by atoms with E-state index in [0.717, 1.165) is 31.5 Å². The first-order chi connectivity index (χ1) is 5.88. The number of nitrogens with one attached hydrogen (secondary N) is 2. The van der Waals surface area contributed by atoms with Crippen LogP contribution in [0.25, 0.3) is 0 Å². The largest absolute Gasteiger partial charge is 0.479 e. The van der Waals surface area contributed by atoms with Crippen LogP contribution in [0.3, 0.4) is 0 Å². The first kappa shape index (κ1) is 7.46. The van der Waals surface area contributed by atoms with Gasteiger partial charge in [-0.2, -0.15) is 0 Å². The number of amides is 1. The predicted octanol–water partition coefficient (Wildman–Crippen LogP) is -0.272. The van der Waals surface area contributed by atoms with E-state index in [1.165, 1.54) is 0 Å². The summed E-state index contributed by atoms with van der Waals surface area (Å²) >= 11 is 0. The Bertz CT molecular complexity index is 235. The molecular weight excluding hydrogens is 156 g/mol. The van der Waals surface area contributed by atoms with Gasteiger partial charge in [0.15, 0.2) is 5.88 Å². The molecule has 0 aromatic heterocycles. The third-order valence-corrected chi connectivity index (χ3v) is 2.07. The van der Waals surface area contributed by atoms with E-state index in [1.54, 1.807) is 0 Å². The van der Waals surface area contributed by atoms with Crippen LogP contribution in [0.1, 0.15) is 12.8 Å². The van der Waals surface area contributed by atoms with Crippen LogP contribution in [0.2, 0.25) is 0 Å². The lowest BCUT2D eigenvalue weighted by Gasteiger charge is -2.13. The molecule has 2 aliphatic rings. The Hall–Kier alpha value is -1.19. The topological polar surface area (TPSA) is 50.4 Å². The lowest BCUT2D eigenvalue weighted by Crippen LogP contribution is -2.32. The van der Waals surface area contributed by atoms with Crippen molar-refractivity contribution in [1.29, 1.82) is 0 Å². The molecule has 0 spiro atoms. The molecule has 66 valence electrons. The molecule has 0 unspecified atom stereocenters. The molecule has 2 rings (SSSR count). The molecule has 2 N–H and O–H groups in total. The highest BCUT2D eigenvalue weighted by Crippen LogP contribution is 2.17. The van der Waals surface area contributed by atoms with E-state index in [9.17, 15) is 4.79 Å². The van der Waals surface area contributed by atoms with Crippen LogP contribution in [-0.4, -0.2) is 25.6 Å². The van der Waals surface area contributed by atoms with Gasteiger partial charge in [-0.15, -0.1) is 0 Å². The van der Waals surface area contributed by atoms with Gasteiger partial charge in [0.2, 0.25) is 0 Å². The van der Waals surface area contributed by atoms with Gasteiger partial charge in [-0.1, -0.05) is 0 Å². The first-order valence-corrected chi connectivity index (χ1v) is 4.26. The van der Waals surface area contributed by atoms with E-state index >= 15 is 0 Å². The van der Waals surface area contributed by atoms with E-state index in [0.29, 0.717) is 12.5 Å². The number of carbonyl (C=O) groups is 1. The molecule has 4 nitrogen and oxygen atoms in total. The van der Waals surface area contributed by atoms with Gasteiger partial charge in [0.05, 0.1) is 12.2 Å². The average molecular weight is 168 g/mol. The lowest BCUT2D eigenvalue weighted by atomic mass is 10.2. The van der Waals surface area contributed by atoms with Crippen molar-refractivity contribution < 1.29 is 9.53 Å². The molecular formula is C8H12N2O2. The van der Waals surface area contributed by atoms with E-state index in [2.05, 4.69) is 10.6 Å². The van der Waals surface area contributed by atoms with Crippen LogP contribution in [-0.2, 0) is 9.53 Å². The van der Waals surface area contributed by atoms with Gasteiger partial charge in [0.1, 0.15) is 0 Å². The highest BCUT2D eigenvalue weighted by Gasteiger charge is 2.23. The van der Waals surface area contributed by atoms with Crippen molar-refractivity contribution in [2.45, 2.75) is 12.8 Å². The molecule has 0 aliphatic carbocycles. The Morgan fingerprint density at radius 1 is 1.25 bits per heavy atom. The average Bonchev–Trinajstić information content (AvgIpc) is 2.47. The van der Waals surface area contributed by atoms with Crippen molar-refractivity contribution in [3.63, 3.8) is 0 Å². The zero-order valence-corrected chi connectivity index (χ0v) is 6.85. The molecule has 0 aromatic carbocycles. The summed E-state index contributed by atoms with van der Waals surface area (Å²) < 4.78 is 5.27. The summed E-state index contributed by atoms with van der Waals surface area (Å²) in [6.45, 7) is 2.26. The van der Waals surface area contributed by atoms with Gasteiger partial charge in [-0.05, 0) is 6.42 Å². The van der Waals surface area contributed by atoms with Gasteiger partial charge in [-0.3, -0.25) is 4.79 Å². The summed E-state index contributed by atoms with van der Waals surface area (Å²) in [5.41, 5.74) is 0.773. The Morgan fingerprint density at radius 2 is 2.08 bits per heavy atom. The molecule has 12 heavy (non-hydrogen) atoms. The first-order valence-electron chi connectivity index (χ1n) is 4.26. The standard InChI is InChI=1S/C8H12N2O2/c11-7-6-2-5-12-8(6)10-4-1-3-9-7/h10H,1-5H2,(H,9,11). The second-order valence-corrected chi connectivity index (χ2v) is 2.94. The highest BCUT2D eigenvalue weighted by molar-refractivity contribution is 5.94. The summed E-state index contributed by atoms with van der Waals surface area (Å²) in [6, 6.07) is 0. The fraction of sp³-hybridized carbons (Fsp3) is 0.625. The zero-order valence-electron chi connectivity index (χ0n) is 6.85. The minimum Gasteiger partial charge on any atom is -0.479 e. The third-order valence-electron chi connectivity index (χ3n) is 2.07. The minimum absolute atomic E-state index is 0.0229. The van der Waals surface area contributed by atoms with Crippen LogP contribution in [0.5, 0.6) is 0 Å². The smallest absolute Gasteiger partial charge is 0.252 e. The van der Waals surface area contributed by atoms with E-state index in [-0.39, 0.29) is 5.91 Å². The Kier molecular flexibility index (Phi) is 1.89. The number of rotatable bonds is 0. The summed E-state index contributed by atoms with van der Waals surface area (Å²) in [6.07, 6.45) is 1.68. The minimum atomic E-state index is 0.0229. The van der Waals surface area contributed by atoms with Crippen molar-refractivity contribution in [3.05, 3.63) is 11.5 Å². The Balaban J connectivity index is 2.19. The van der Waals surface area contributed by atoms with Crippen LogP contribution in [0.15, 0.2) is 11.5 Å². The maximum Gasteiger partial charge on any atom is 0.252 e. The fourth-order valence-corrected chi connectivity index (χ4v) is 1.43. The van der Waals surface area contributed by atoms with Gasteiger partial charge in [0.25, 0.3) is 5.91 Å². The second kappa shape index (κ2) is 3.05. The van der Waals surface area contributed by atoms with Crippen molar-refractivity contribution in [1.82, 2.24) is 10.6 Å². The van der Waals surface area contributed by atoms with Gasteiger partial charge < -0.3 is 15.4 Å². The van der Waals surface area contributed by atoms with Crippen LogP contribution >= 0.6 is 0 Å².